The van der Waals surface area contributed by atoms with Crippen LogP contribution >= 0.6 is 0 Å². The number of hydrogen-bond donors (Lipinski definition) is 0. The third-order valence-electron chi connectivity index (χ3n) is 6.96. The predicted octanol–water partition coefficient (Wildman–Crippen LogP) is 8.47. The summed E-state index contributed by atoms with van der Waals surface area (Å²) in [5.41, 5.74) is 0.251. The van der Waals surface area contributed by atoms with E-state index >= 15 is 0 Å². The number of benzene rings is 1. The number of alkyl halides is 3. The molecule has 1 nitrogen and oxygen atoms in total. The summed E-state index contributed by atoms with van der Waals surface area (Å²) in [5.74, 6) is 0.624. The van der Waals surface area contributed by atoms with E-state index in [0.29, 0.717) is 5.92 Å². The zero-order valence-electron chi connectivity index (χ0n) is 18.3. The van der Waals surface area contributed by atoms with Crippen LogP contribution in [-0.4, -0.2) is 12.0 Å². The average Bonchev–Trinajstić information content (AvgIpc) is 2.72. The van der Waals surface area contributed by atoms with Crippen molar-refractivity contribution < 1.29 is 17.9 Å². The minimum absolute atomic E-state index is 0.275. The van der Waals surface area contributed by atoms with E-state index in [1.807, 2.05) is 42.5 Å². The van der Waals surface area contributed by atoms with Crippen molar-refractivity contribution in [3.05, 3.63) is 54.1 Å². The Balaban J connectivity index is 1.88. The summed E-state index contributed by atoms with van der Waals surface area (Å²) in [6.45, 7) is 4.40. The predicted molar refractivity (Wildman–Crippen MR) is 117 cm³/mol. The van der Waals surface area contributed by atoms with Gasteiger partial charge in [0.1, 0.15) is 5.60 Å². The lowest BCUT2D eigenvalue weighted by Gasteiger charge is -2.52. The van der Waals surface area contributed by atoms with Gasteiger partial charge in [-0.05, 0) is 42.7 Å². The first-order valence-electron chi connectivity index (χ1n) is 11.5. The van der Waals surface area contributed by atoms with Gasteiger partial charge in [-0.1, -0.05) is 101 Å². The maximum Gasteiger partial charge on any atom is 0.523 e. The van der Waals surface area contributed by atoms with Crippen molar-refractivity contribution in [2.45, 2.75) is 90.0 Å². The van der Waals surface area contributed by atoms with E-state index in [2.05, 4.69) is 13.8 Å². The highest BCUT2D eigenvalue weighted by molar-refractivity contribution is 5.75. The van der Waals surface area contributed by atoms with Gasteiger partial charge in [-0.15, -0.1) is 13.2 Å². The van der Waals surface area contributed by atoms with Crippen LogP contribution < -0.4 is 0 Å². The largest absolute Gasteiger partial charge is 0.523 e. The minimum Gasteiger partial charge on any atom is -0.280 e. The fraction of sp³-hybridized carbons (Fsp3) is 0.615. The Morgan fingerprint density at radius 1 is 1.00 bits per heavy atom. The van der Waals surface area contributed by atoms with Crippen LogP contribution in [0.4, 0.5) is 13.2 Å². The lowest BCUT2D eigenvalue weighted by atomic mass is 9.58. The van der Waals surface area contributed by atoms with Crippen molar-refractivity contribution in [1.82, 2.24) is 0 Å². The van der Waals surface area contributed by atoms with E-state index in [9.17, 15) is 13.2 Å². The summed E-state index contributed by atoms with van der Waals surface area (Å²) in [7, 11) is 0. The molecule has 0 aromatic heterocycles. The first-order valence-corrected chi connectivity index (χ1v) is 11.5. The summed E-state index contributed by atoms with van der Waals surface area (Å²) in [5, 5.41) is 0. The fourth-order valence-electron chi connectivity index (χ4n) is 5.38. The Bertz CT molecular complexity index is 726. The van der Waals surface area contributed by atoms with Crippen LogP contribution in [-0.2, 0) is 4.74 Å². The first kappa shape index (κ1) is 23.1. The molecule has 0 saturated heterocycles. The van der Waals surface area contributed by atoms with E-state index in [4.69, 9.17) is 4.74 Å². The van der Waals surface area contributed by atoms with Crippen molar-refractivity contribution in [1.29, 1.82) is 0 Å². The summed E-state index contributed by atoms with van der Waals surface area (Å²) < 4.78 is 46.0. The third-order valence-corrected chi connectivity index (χ3v) is 6.96. The van der Waals surface area contributed by atoms with Gasteiger partial charge in [0.05, 0.1) is 0 Å². The molecule has 1 aromatic carbocycles. The van der Waals surface area contributed by atoms with Crippen LogP contribution in [0, 0.1) is 11.3 Å². The second-order valence-electron chi connectivity index (χ2n) is 9.48. The molecule has 30 heavy (non-hydrogen) atoms. The molecule has 0 aliphatic heterocycles. The molecule has 1 fully saturated rings. The van der Waals surface area contributed by atoms with Crippen molar-refractivity contribution in [3.8, 4) is 0 Å². The molecule has 0 amide bonds. The second kappa shape index (κ2) is 9.72. The molecule has 0 heterocycles. The maximum absolute atomic E-state index is 13.6. The van der Waals surface area contributed by atoms with Crippen molar-refractivity contribution in [2.75, 3.05) is 0 Å². The average molecular weight is 421 g/mol. The quantitative estimate of drug-likeness (QED) is 0.383. The van der Waals surface area contributed by atoms with Crippen molar-refractivity contribution in [3.63, 3.8) is 0 Å². The van der Waals surface area contributed by atoms with Gasteiger partial charge in [0.25, 0.3) is 0 Å². The fourth-order valence-corrected chi connectivity index (χ4v) is 5.38. The SMILES string of the molecule is CC(C)CCCCC1(C2(OC(F)(F)F)C=CC(c3ccccc3)=CC2)CCCCC1. The second-order valence-corrected chi connectivity index (χ2v) is 9.48. The van der Waals surface area contributed by atoms with Crippen LogP contribution in [0.25, 0.3) is 5.57 Å². The Hall–Kier alpha value is -1.55. The number of unbranched alkanes of at least 4 members (excludes halogenated alkanes) is 1. The third kappa shape index (κ3) is 5.57. The highest BCUT2D eigenvalue weighted by Gasteiger charge is 2.55. The van der Waals surface area contributed by atoms with Crippen LogP contribution in [0.3, 0.4) is 0 Å². The highest BCUT2D eigenvalue weighted by Crippen LogP contribution is 2.55. The van der Waals surface area contributed by atoms with Gasteiger partial charge in [-0.3, -0.25) is 4.74 Å². The summed E-state index contributed by atoms with van der Waals surface area (Å²) >= 11 is 0. The summed E-state index contributed by atoms with van der Waals surface area (Å²) in [6.07, 6.45) is 9.82. The number of ether oxygens (including phenoxy) is 1. The van der Waals surface area contributed by atoms with Crippen LogP contribution in [0.5, 0.6) is 0 Å². The Morgan fingerprint density at radius 2 is 1.70 bits per heavy atom. The van der Waals surface area contributed by atoms with E-state index in [1.165, 1.54) is 0 Å². The van der Waals surface area contributed by atoms with Gasteiger partial charge in [0, 0.05) is 5.41 Å². The molecule has 0 spiro atoms. The van der Waals surface area contributed by atoms with Crippen LogP contribution in [0.2, 0.25) is 0 Å². The monoisotopic (exact) mass is 420 g/mol. The van der Waals surface area contributed by atoms with Gasteiger partial charge in [-0.2, -0.15) is 0 Å². The van der Waals surface area contributed by atoms with Crippen molar-refractivity contribution >= 4 is 5.57 Å². The summed E-state index contributed by atoms with van der Waals surface area (Å²) in [6, 6.07) is 9.85. The molecular weight excluding hydrogens is 385 g/mol. The van der Waals surface area contributed by atoms with Gasteiger partial charge < -0.3 is 0 Å². The highest BCUT2D eigenvalue weighted by atomic mass is 19.4. The number of allylic oxidation sites excluding steroid dienone is 2. The molecule has 1 saturated carbocycles. The van der Waals surface area contributed by atoms with Gasteiger partial charge in [0.2, 0.25) is 0 Å². The lowest BCUT2D eigenvalue weighted by Crippen LogP contribution is -2.53. The maximum atomic E-state index is 13.6. The van der Waals surface area contributed by atoms with Gasteiger partial charge in [-0.25, -0.2) is 0 Å². The zero-order valence-corrected chi connectivity index (χ0v) is 18.3. The van der Waals surface area contributed by atoms with E-state index < -0.39 is 17.4 Å². The summed E-state index contributed by atoms with van der Waals surface area (Å²) in [4.78, 5) is 0. The number of rotatable bonds is 8. The van der Waals surface area contributed by atoms with Crippen LogP contribution in [0.15, 0.2) is 48.6 Å². The molecule has 4 heteroatoms. The molecule has 0 bridgehead atoms. The molecule has 1 unspecified atom stereocenters. The number of hydrogen-bond acceptors (Lipinski definition) is 1. The first-order chi connectivity index (χ1) is 14.3. The Kier molecular flexibility index (Phi) is 7.49. The van der Waals surface area contributed by atoms with E-state index in [0.717, 1.165) is 68.9 Å². The zero-order chi connectivity index (χ0) is 21.7. The van der Waals surface area contributed by atoms with E-state index in [1.54, 1.807) is 6.08 Å². The molecule has 1 atom stereocenters. The molecule has 0 N–H and O–H groups in total. The molecule has 3 rings (SSSR count). The van der Waals surface area contributed by atoms with Gasteiger partial charge in [0.15, 0.2) is 0 Å². The molecular formula is C26H35F3O. The molecule has 2 aliphatic carbocycles. The number of halogens is 3. The minimum atomic E-state index is -4.65. The molecule has 1 aromatic rings. The standard InChI is InChI=1S/C26H35F3O/c1-21(2)11-7-10-18-24(16-8-4-9-17-24)25(30-26(27,28)29)19-14-23(15-20-25)22-12-5-3-6-13-22/h3,5-6,12-15,19,21H,4,7-11,16-18,20H2,1-2H3. The van der Waals surface area contributed by atoms with Gasteiger partial charge >= 0.3 is 6.36 Å². The molecule has 166 valence electrons. The smallest absolute Gasteiger partial charge is 0.280 e. The molecule has 2 aliphatic rings. The van der Waals surface area contributed by atoms with E-state index in [-0.39, 0.29) is 6.42 Å². The molecule has 0 radical (unpaired) electrons. The van der Waals surface area contributed by atoms with Crippen LogP contribution in [0.1, 0.15) is 83.6 Å². The van der Waals surface area contributed by atoms with Crippen molar-refractivity contribution in [2.24, 2.45) is 11.3 Å². The normalized spacial score (nSPS) is 24.1. The Labute approximate surface area is 179 Å². The lowest BCUT2D eigenvalue weighted by molar-refractivity contribution is -0.377. The Morgan fingerprint density at radius 3 is 2.27 bits per heavy atom. The topological polar surface area (TPSA) is 9.23 Å².